The van der Waals surface area contributed by atoms with Gasteiger partial charge in [0.25, 0.3) is 10.0 Å². The number of nitrogens with zero attached hydrogens (tertiary/aromatic N) is 3. The minimum atomic E-state index is -4.42. The van der Waals surface area contributed by atoms with Gasteiger partial charge in [0, 0.05) is 39.8 Å². The lowest BCUT2D eigenvalue weighted by Gasteiger charge is -2.31. The molecule has 0 spiro atoms. The van der Waals surface area contributed by atoms with Crippen LogP contribution in [0, 0.1) is 5.92 Å². The molecule has 0 atom stereocenters. The van der Waals surface area contributed by atoms with Crippen molar-refractivity contribution in [3.05, 3.63) is 0 Å². The molecule has 1 N–H and O–H groups in total. The number of hydrogen-bond donors (Lipinski definition) is 1. The molecule has 2 rings (SSSR count). The number of piperidine rings is 1. The lowest BCUT2D eigenvalue weighted by atomic mass is 9.98. The van der Waals surface area contributed by atoms with E-state index in [2.05, 4.69) is 15.2 Å². The zero-order valence-corrected chi connectivity index (χ0v) is 13.7. The first-order valence-corrected chi connectivity index (χ1v) is 9.18. The van der Waals surface area contributed by atoms with Gasteiger partial charge in [-0.25, -0.2) is 8.42 Å². The molecule has 0 aliphatic carbocycles. The summed E-state index contributed by atoms with van der Waals surface area (Å²) in [5.41, 5.74) is 0. The number of guanidine groups is 1. The maximum atomic E-state index is 12.5. The van der Waals surface area contributed by atoms with Crippen LogP contribution >= 0.6 is 0 Å². The number of aliphatic imine (C=N–C) groups is 1. The van der Waals surface area contributed by atoms with Crippen LogP contribution in [-0.2, 0) is 10.0 Å². The highest BCUT2D eigenvalue weighted by Crippen LogP contribution is 2.22. The highest BCUT2D eigenvalue weighted by atomic mass is 32.2. The summed E-state index contributed by atoms with van der Waals surface area (Å²) in [6.45, 7) is 3.05. The number of hydrogen-bond acceptors (Lipinski definition) is 3. The molecule has 0 saturated carbocycles. The second kappa shape index (κ2) is 7.54. The van der Waals surface area contributed by atoms with Crippen LogP contribution in [0.2, 0.25) is 0 Å². The Hall–Kier alpha value is -0.960. The largest absolute Gasteiger partial charge is 0.356 e. The third kappa shape index (κ3) is 4.07. The first-order chi connectivity index (χ1) is 10.4. The second-order valence-electron chi connectivity index (χ2n) is 5.77. The minimum Gasteiger partial charge on any atom is -0.356 e. The Morgan fingerprint density at radius 3 is 2.32 bits per heavy atom. The number of rotatable bonds is 4. The van der Waals surface area contributed by atoms with Gasteiger partial charge in [0.15, 0.2) is 5.96 Å². The summed E-state index contributed by atoms with van der Waals surface area (Å²) in [6.07, 6.45) is 3.53. The van der Waals surface area contributed by atoms with Crippen LogP contribution < -0.4 is 5.32 Å². The smallest absolute Gasteiger partial charge is 0.350 e. The van der Waals surface area contributed by atoms with Gasteiger partial charge in [0.2, 0.25) is 0 Å². The molecule has 2 fully saturated rings. The normalized spacial score (nSPS) is 22.5. The van der Waals surface area contributed by atoms with E-state index in [0.717, 1.165) is 23.4 Å². The van der Waals surface area contributed by atoms with Crippen LogP contribution in [0.25, 0.3) is 0 Å². The molecule has 2 aliphatic heterocycles. The van der Waals surface area contributed by atoms with Gasteiger partial charge >= 0.3 is 5.76 Å². The first kappa shape index (κ1) is 17.4. The predicted molar refractivity (Wildman–Crippen MR) is 81.4 cm³/mol. The van der Waals surface area contributed by atoms with Gasteiger partial charge in [-0.15, -0.1) is 0 Å². The van der Waals surface area contributed by atoms with E-state index in [4.69, 9.17) is 0 Å². The number of halogens is 2. The third-order valence-corrected chi connectivity index (χ3v) is 5.86. The molecule has 9 heteroatoms. The Kier molecular flexibility index (Phi) is 5.96. The van der Waals surface area contributed by atoms with Crippen molar-refractivity contribution in [2.45, 2.75) is 31.4 Å². The molecule has 0 amide bonds. The van der Waals surface area contributed by atoms with E-state index in [1.54, 1.807) is 7.05 Å². The SMILES string of the molecule is CN=C(NCC1CCN(S(=O)(=O)C(F)F)CC1)N1CCCC1. The van der Waals surface area contributed by atoms with Crippen molar-refractivity contribution < 1.29 is 17.2 Å². The molecule has 0 bridgehead atoms. The third-order valence-electron chi connectivity index (χ3n) is 4.32. The van der Waals surface area contributed by atoms with Gasteiger partial charge in [-0.05, 0) is 31.6 Å². The van der Waals surface area contributed by atoms with Crippen LogP contribution in [0.1, 0.15) is 25.7 Å². The Morgan fingerprint density at radius 1 is 1.23 bits per heavy atom. The highest BCUT2D eigenvalue weighted by Gasteiger charge is 2.34. The zero-order chi connectivity index (χ0) is 16.2. The zero-order valence-electron chi connectivity index (χ0n) is 12.8. The summed E-state index contributed by atoms with van der Waals surface area (Å²) in [5, 5.41) is 3.32. The summed E-state index contributed by atoms with van der Waals surface area (Å²) in [7, 11) is -2.68. The average molecular weight is 338 g/mol. The van der Waals surface area contributed by atoms with Gasteiger partial charge in [-0.3, -0.25) is 4.99 Å². The van der Waals surface area contributed by atoms with Crippen molar-refractivity contribution in [2.75, 3.05) is 39.8 Å². The lowest BCUT2D eigenvalue weighted by Crippen LogP contribution is -2.45. The summed E-state index contributed by atoms with van der Waals surface area (Å²) in [6, 6.07) is 0. The van der Waals surface area contributed by atoms with E-state index in [1.165, 1.54) is 12.8 Å². The monoisotopic (exact) mass is 338 g/mol. The van der Waals surface area contributed by atoms with E-state index in [-0.39, 0.29) is 19.0 Å². The molecule has 0 aromatic rings. The molecule has 0 unspecified atom stereocenters. The van der Waals surface area contributed by atoms with Crippen molar-refractivity contribution >= 4 is 16.0 Å². The van der Waals surface area contributed by atoms with E-state index < -0.39 is 15.8 Å². The molecular weight excluding hydrogens is 314 g/mol. The van der Waals surface area contributed by atoms with E-state index in [1.807, 2.05) is 0 Å². The summed E-state index contributed by atoms with van der Waals surface area (Å²) in [5.74, 6) is -2.17. The van der Waals surface area contributed by atoms with Crippen LogP contribution in [0.4, 0.5) is 8.78 Å². The molecule has 22 heavy (non-hydrogen) atoms. The first-order valence-electron chi connectivity index (χ1n) is 7.68. The van der Waals surface area contributed by atoms with Crippen molar-refractivity contribution in [1.29, 1.82) is 0 Å². The fourth-order valence-electron chi connectivity index (χ4n) is 2.98. The molecule has 6 nitrogen and oxygen atoms in total. The summed E-state index contributed by atoms with van der Waals surface area (Å²) in [4.78, 5) is 6.46. The van der Waals surface area contributed by atoms with Gasteiger partial charge in [-0.2, -0.15) is 13.1 Å². The van der Waals surface area contributed by atoms with Crippen molar-refractivity contribution in [3.63, 3.8) is 0 Å². The van der Waals surface area contributed by atoms with Gasteiger partial charge in [0.05, 0.1) is 0 Å². The van der Waals surface area contributed by atoms with E-state index in [9.17, 15) is 17.2 Å². The number of likely N-dealkylation sites (tertiary alicyclic amines) is 1. The fourth-order valence-corrected chi connectivity index (χ4v) is 3.92. The van der Waals surface area contributed by atoms with Crippen LogP contribution in [-0.4, -0.2) is 69.1 Å². The Labute approximate surface area is 130 Å². The standard InChI is InChI=1S/C13H24F2N4O2S/c1-16-13(18-6-2-3-7-18)17-10-11-4-8-19(9-5-11)22(20,21)12(14)15/h11-12H,2-10H2,1H3,(H,16,17). The highest BCUT2D eigenvalue weighted by molar-refractivity contribution is 7.89. The Morgan fingerprint density at radius 2 is 1.82 bits per heavy atom. The molecule has 2 heterocycles. The lowest BCUT2D eigenvalue weighted by molar-refractivity contribution is 0.204. The van der Waals surface area contributed by atoms with Crippen molar-refractivity contribution in [1.82, 2.24) is 14.5 Å². The van der Waals surface area contributed by atoms with Crippen LogP contribution in [0.5, 0.6) is 0 Å². The van der Waals surface area contributed by atoms with E-state index in [0.29, 0.717) is 19.4 Å². The second-order valence-corrected chi connectivity index (χ2v) is 7.67. The molecule has 0 aromatic heterocycles. The van der Waals surface area contributed by atoms with Crippen molar-refractivity contribution in [3.8, 4) is 0 Å². The Bertz CT molecular complexity index is 484. The van der Waals surface area contributed by atoms with Gasteiger partial charge < -0.3 is 10.2 Å². The molecule has 2 aliphatic rings. The summed E-state index contributed by atoms with van der Waals surface area (Å²) < 4.78 is 48.7. The maximum absolute atomic E-state index is 12.5. The minimum absolute atomic E-state index is 0.168. The van der Waals surface area contributed by atoms with Gasteiger partial charge in [-0.1, -0.05) is 0 Å². The molecule has 0 aromatic carbocycles. The quantitative estimate of drug-likeness (QED) is 0.612. The van der Waals surface area contributed by atoms with E-state index >= 15 is 0 Å². The fraction of sp³-hybridized carbons (Fsp3) is 0.923. The van der Waals surface area contributed by atoms with Crippen LogP contribution in [0.15, 0.2) is 4.99 Å². The van der Waals surface area contributed by atoms with Gasteiger partial charge in [0.1, 0.15) is 0 Å². The molecular formula is C13H24F2N4O2S. The van der Waals surface area contributed by atoms with Crippen molar-refractivity contribution in [2.24, 2.45) is 10.9 Å². The number of nitrogens with one attached hydrogen (secondary N) is 1. The Balaban J connectivity index is 1.78. The predicted octanol–water partition coefficient (Wildman–Crippen LogP) is 0.922. The molecule has 0 radical (unpaired) electrons. The topological polar surface area (TPSA) is 65.0 Å². The van der Waals surface area contributed by atoms with Crippen LogP contribution in [0.3, 0.4) is 0 Å². The molecule has 128 valence electrons. The molecule has 2 saturated heterocycles. The summed E-state index contributed by atoms with van der Waals surface area (Å²) >= 11 is 0. The maximum Gasteiger partial charge on any atom is 0.350 e. The average Bonchev–Trinajstić information content (AvgIpc) is 3.02. The number of alkyl halides is 2. The number of sulfonamides is 1.